The fraction of sp³-hybridized carbons (Fsp3) is 0.125. The van der Waals surface area contributed by atoms with Crippen molar-refractivity contribution in [2.45, 2.75) is 13.8 Å². The number of aryl methyl sites for hydroxylation is 2. The number of hydrogen-bond acceptors (Lipinski definition) is 5. The summed E-state index contributed by atoms with van der Waals surface area (Å²) in [5.74, 6) is 0.0429. The highest BCUT2D eigenvalue weighted by Crippen LogP contribution is 2.34. The molecule has 24 heavy (non-hydrogen) atoms. The van der Waals surface area contributed by atoms with Crippen molar-refractivity contribution in [1.82, 2.24) is 10.6 Å². The summed E-state index contributed by atoms with van der Waals surface area (Å²) in [5.41, 5.74) is 2.06. The Kier molecular flexibility index (Phi) is 3.64. The average molecular weight is 327 g/mol. The molecule has 0 unspecified atom stereocenters. The van der Waals surface area contributed by atoms with Gasteiger partial charge >= 0.3 is 6.03 Å². The summed E-state index contributed by atoms with van der Waals surface area (Å²) in [7, 11) is 0. The van der Waals surface area contributed by atoms with Crippen LogP contribution in [0.1, 0.15) is 16.9 Å². The molecule has 1 aliphatic rings. The number of nitro groups is 1. The number of nitrogens with zero attached hydrogens (tertiary/aromatic N) is 1. The van der Waals surface area contributed by atoms with Crippen molar-refractivity contribution in [3.8, 4) is 11.3 Å². The van der Waals surface area contributed by atoms with Crippen LogP contribution in [0.25, 0.3) is 17.4 Å². The number of furan rings is 1. The maximum absolute atomic E-state index is 11.5. The molecule has 0 saturated carbocycles. The summed E-state index contributed by atoms with van der Waals surface area (Å²) in [6.45, 7) is 3.65. The van der Waals surface area contributed by atoms with Crippen molar-refractivity contribution >= 4 is 23.7 Å². The minimum atomic E-state index is -0.608. The monoisotopic (exact) mass is 327 g/mol. The van der Waals surface area contributed by atoms with Crippen molar-refractivity contribution in [1.29, 1.82) is 0 Å². The Bertz CT molecular complexity index is 910. The predicted molar refractivity (Wildman–Crippen MR) is 84.9 cm³/mol. The highest BCUT2D eigenvalue weighted by atomic mass is 16.6. The summed E-state index contributed by atoms with van der Waals surface area (Å²) < 4.78 is 5.59. The second-order valence-corrected chi connectivity index (χ2v) is 5.38. The molecule has 0 spiro atoms. The molecule has 0 aliphatic carbocycles. The molecule has 1 aliphatic heterocycles. The molecule has 8 heteroatoms. The van der Waals surface area contributed by atoms with E-state index in [1.807, 2.05) is 6.92 Å². The van der Waals surface area contributed by atoms with Gasteiger partial charge < -0.3 is 9.73 Å². The number of rotatable bonds is 3. The first-order chi connectivity index (χ1) is 11.3. The van der Waals surface area contributed by atoms with Crippen LogP contribution in [0.4, 0.5) is 10.5 Å². The number of nitro benzene ring substituents is 1. The summed E-state index contributed by atoms with van der Waals surface area (Å²) in [6.07, 6.45) is 1.36. The first-order valence-electron chi connectivity index (χ1n) is 7.05. The Morgan fingerprint density at radius 2 is 1.83 bits per heavy atom. The molecule has 3 rings (SSSR count). The Hall–Kier alpha value is -3.42. The molecular weight excluding hydrogens is 314 g/mol. The van der Waals surface area contributed by atoms with E-state index in [4.69, 9.17) is 4.42 Å². The number of hydrogen-bond donors (Lipinski definition) is 2. The standard InChI is InChI=1S/C16H13N3O5/c1-8-5-11(13(19(22)23)6-9(8)2)14-4-3-10(24-14)7-12-15(20)18-16(21)17-12/h3-7H,1-2H3,(H2,17,18,20,21)/b12-7+. The number of carbonyl (C=O) groups is 2. The van der Waals surface area contributed by atoms with Crippen LogP contribution in [-0.2, 0) is 4.79 Å². The lowest BCUT2D eigenvalue weighted by Crippen LogP contribution is -2.22. The van der Waals surface area contributed by atoms with Crippen LogP contribution in [0.5, 0.6) is 0 Å². The first-order valence-corrected chi connectivity index (χ1v) is 7.05. The van der Waals surface area contributed by atoms with Gasteiger partial charge in [-0.1, -0.05) is 0 Å². The smallest absolute Gasteiger partial charge is 0.326 e. The molecule has 0 bridgehead atoms. The number of imide groups is 1. The van der Waals surface area contributed by atoms with Gasteiger partial charge in [0.2, 0.25) is 0 Å². The molecule has 1 saturated heterocycles. The fourth-order valence-corrected chi connectivity index (χ4v) is 2.35. The summed E-state index contributed by atoms with van der Waals surface area (Å²) in [5, 5.41) is 15.7. The lowest BCUT2D eigenvalue weighted by molar-refractivity contribution is -0.384. The van der Waals surface area contributed by atoms with Crippen LogP contribution >= 0.6 is 0 Å². The van der Waals surface area contributed by atoms with Gasteiger partial charge in [0.05, 0.1) is 10.5 Å². The van der Waals surface area contributed by atoms with Crippen molar-refractivity contribution < 1.29 is 18.9 Å². The minimum absolute atomic E-state index is 0.0514. The summed E-state index contributed by atoms with van der Waals surface area (Å²) in [6, 6.07) is 5.73. The molecule has 2 N–H and O–H groups in total. The van der Waals surface area contributed by atoms with Crippen LogP contribution < -0.4 is 10.6 Å². The SMILES string of the molecule is Cc1cc(-c2ccc(/C=C3/NC(=O)NC3=O)o2)c([N+](=O)[O-])cc1C. The average Bonchev–Trinajstić information content (AvgIpc) is 3.08. The fourth-order valence-electron chi connectivity index (χ4n) is 2.35. The molecule has 1 aromatic heterocycles. The molecule has 1 fully saturated rings. The molecule has 0 radical (unpaired) electrons. The quantitative estimate of drug-likeness (QED) is 0.389. The van der Waals surface area contributed by atoms with Crippen LogP contribution in [0.2, 0.25) is 0 Å². The molecule has 3 amide bonds. The van der Waals surface area contributed by atoms with E-state index in [1.54, 1.807) is 25.1 Å². The maximum atomic E-state index is 11.5. The topological polar surface area (TPSA) is 114 Å². The van der Waals surface area contributed by atoms with Crippen LogP contribution in [0.15, 0.2) is 34.4 Å². The number of urea groups is 1. The van der Waals surface area contributed by atoms with E-state index in [2.05, 4.69) is 10.6 Å². The zero-order valence-corrected chi connectivity index (χ0v) is 12.9. The number of amides is 3. The Morgan fingerprint density at radius 3 is 2.46 bits per heavy atom. The van der Waals surface area contributed by atoms with Gasteiger partial charge in [-0.2, -0.15) is 0 Å². The van der Waals surface area contributed by atoms with E-state index in [9.17, 15) is 19.7 Å². The van der Waals surface area contributed by atoms with Gasteiger partial charge in [-0.05, 0) is 43.2 Å². The molecule has 2 aromatic rings. The molecule has 8 nitrogen and oxygen atoms in total. The third-order valence-electron chi connectivity index (χ3n) is 3.71. The van der Waals surface area contributed by atoms with Crippen molar-refractivity contribution in [3.05, 3.63) is 57.0 Å². The summed E-state index contributed by atoms with van der Waals surface area (Å²) in [4.78, 5) is 33.4. The molecule has 2 heterocycles. The maximum Gasteiger partial charge on any atom is 0.326 e. The van der Waals surface area contributed by atoms with Crippen molar-refractivity contribution in [3.63, 3.8) is 0 Å². The van der Waals surface area contributed by atoms with Gasteiger partial charge in [0, 0.05) is 12.1 Å². The Labute approximate surface area is 136 Å². The van der Waals surface area contributed by atoms with Gasteiger partial charge in [0.15, 0.2) is 0 Å². The number of carbonyl (C=O) groups excluding carboxylic acids is 2. The van der Waals surface area contributed by atoms with E-state index in [0.29, 0.717) is 17.1 Å². The predicted octanol–water partition coefficient (Wildman–Crippen LogP) is 2.65. The third-order valence-corrected chi connectivity index (χ3v) is 3.71. The second kappa shape index (κ2) is 5.65. The van der Waals surface area contributed by atoms with Gasteiger partial charge in [-0.3, -0.25) is 20.2 Å². The van der Waals surface area contributed by atoms with E-state index in [1.165, 1.54) is 12.1 Å². The van der Waals surface area contributed by atoms with Crippen LogP contribution in [-0.4, -0.2) is 16.9 Å². The zero-order valence-electron chi connectivity index (χ0n) is 12.9. The second-order valence-electron chi connectivity index (χ2n) is 5.38. The zero-order chi connectivity index (χ0) is 17.4. The van der Waals surface area contributed by atoms with E-state index in [0.717, 1.165) is 11.1 Å². The Morgan fingerprint density at radius 1 is 1.12 bits per heavy atom. The molecule has 1 aromatic carbocycles. The van der Waals surface area contributed by atoms with Gasteiger partial charge in [0.1, 0.15) is 17.2 Å². The first kappa shape index (κ1) is 15.5. The minimum Gasteiger partial charge on any atom is -0.456 e. The molecular formula is C16H13N3O5. The van der Waals surface area contributed by atoms with Crippen molar-refractivity contribution in [2.24, 2.45) is 0 Å². The highest BCUT2D eigenvalue weighted by Gasteiger charge is 2.24. The highest BCUT2D eigenvalue weighted by molar-refractivity contribution is 6.13. The number of nitrogens with one attached hydrogen (secondary N) is 2. The normalized spacial score (nSPS) is 15.5. The lowest BCUT2D eigenvalue weighted by Gasteiger charge is -2.04. The Balaban J connectivity index is 2.01. The lowest BCUT2D eigenvalue weighted by atomic mass is 10.0. The van der Waals surface area contributed by atoms with Crippen LogP contribution in [0.3, 0.4) is 0 Å². The van der Waals surface area contributed by atoms with E-state index < -0.39 is 16.9 Å². The van der Waals surface area contributed by atoms with Gasteiger partial charge in [-0.25, -0.2) is 4.79 Å². The third kappa shape index (κ3) is 2.76. The van der Waals surface area contributed by atoms with E-state index >= 15 is 0 Å². The van der Waals surface area contributed by atoms with Crippen LogP contribution in [0, 0.1) is 24.0 Å². The molecule has 122 valence electrons. The van der Waals surface area contributed by atoms with E-state index in [-0.39, 0.29) is 11.4 Å². The summed E-state index contributed by atoms with van der Waals surface area (Å²) >= 11 is 0. The van der Waals surface area contributed by atoms with Gasteiger partial charge in [0.25, 0.3) is 11.6 Å². The largest absolute Gasteiger partial charge is 0.456 e. The van der Waals surface area contributed by atoms with Crippen molar-refractivity contribution in [2.75, 3.05) is 0 Å². The molecule has 0 atom stereocenters. The van der Waals surface area contributed by atoms with Gasteiger partial charge in [-0.15, -0.1) is 0 Å². The number of benzene rings is 1.